The van der Waals surface area contributed by atoms with Crippen molar-refractivity contribution in [2.75, 3.05) is 58.9 Å². The van der Waals surface area contributed by atoms with Crippen LogP contribution in [0.25, 0.3) is 0 Å². The molecule has 0 unspecified atom stereocenters. The van der Waals surface area contributed by atoms with E-state index in [9.17, 15) is 14.4 Å². The predicted octanol–water partition coefficient (Wildman–Crippen LogP) is 17.5. The lowest BCUT2D eigenvalue weighted by Crippen LogP contribution is -2.52. The first-order chi connectivity index (χ1) is 34.7. The summed E-state index contributed by atoms with van der Waals surface area (Å²) in [5, 5.41) is 3.75. The van der Waals surface area contributed by atoms with Gasteiger partial charge in [-0.1, -0.05) is 236 Å². The number of rotatable bonds is 56. The van der Waals surface area contributed by atoms with E-state index in [4.69, 9.17) is 0 Å². The first-order valence-corrected chi connectivity index (χ1v) is 30.4. The van der Waals surface area contributed by atoms with Crippen LogP contribution in [0.5, 0.6) is 0 Å². The molecule has 418 valence electrons. The Balaban J connectivity index is 6.29. The van der Waals surface area contributed by atoms with Gasteiger partial charge in [-0.2, -0.15) is 0 Å². The Morgan fingerprint density at radius 1 is 0.403 bits per heavy atom. The molecule has 0 aromatic rings. The zero-order chi connectivity index (χ0) is 53.5. The highest BCUT2D eigenvalue weighted by Crippen LogP contribution is 2.33. The number of nitrogens with one attached hydrogen (secondary N) is 1. The van der Waals surface area contributed by atoms with E-state index in [0.29, 0.717) is 52.4 Å². The number of unbranched alkanes of at least 4 members (excludes halogenated alkanes) is 24. The maximum atomic E-state index is 14.7. The molecule has 0 aromatic carbocycles. The van der Waals surface area contributed by atoms with Gasteiger partial charge in [0.15, 0.2) is 0 Å². The van der Waals surface area contributed by atoms with Crippen LogP contribution in [0.4, 0.5) is 0 Å². The largest absolute Gasteiger partial charge is 0.350 e. The summed E-state index contributed by atoms with van der Waals surface area (Å²) < 4.78 is 0. The van der Waals surface area contributed by atoms with E-state index in [2.05, 4.69) is 73.7 Å². The third-order valence-corrected chi connectivity index (χ3v) is 14.8. The molecule has 0 fully saturated rings. The van der Waals surface area contributed by atoms with Crippen LogP contribution in [0.2, 0.25) is 0 Å². The molecule has 0 saturated carbocycles. The first-order valence-electron chi connectivity index (χ1n) is 30.4. The summed E-state index contributed by atoms with van der Waals surface area (Å²) in [5.41, 5.74) is 5.53. The van der Waals surface area contributed by atoms with Gasteiger partial charge in [-0.05, 0) is 97.8 Å². The van der Waals surface area contributed by atoms with Crippen LogP contribution < -0.4 is 5.32 Å². The van der Waals surface area contributed by atoms with Gasteiger partial charge >= 0.3 is 0 Å². The zero-order valence-electron chi connectivity index (χ0n) is 49.0. The van der Waals surface area contributed by atoms with Crippen LogP contribution in [0.3, 0.4) is 0 Å². The Morgan fingerprint density at radius 3 is 0.986 bits per heavy atom. The van der Waals surface area contributed by atoms with Crippen LogP contribution in [0, 0.1) is 0 Å². The Hall–Kier alpha value is -2.61. The van der Waals surface area contributed by atoms with Crippen molar-refractivity contribution < 1.29 is 14.4 Å². The highest BCUT2D eigenvalue weighted by atomic mass is 16.2. The molecule has 0 heterocycles. The minimum absolute atomic E-state index is 0.0472. The van der Waals surface area contributed by atoms with Crippen LogP contribution in [-0.4, -0.2) is 97.1 Å². The molecule has 72 heavy (non-hydrogen) atoms. The average molecular weight is 1010 g/mol. The fourth-order valence-electron chi connectivity index (χ4n) is 10.3. The molecule has 1 amide bonds. The maximum absolute atomic E-state index is 14.7. The molecule has 0 bridgehead atoms. The lowest BCUT2D eigenvalue weighted by Gasteiger charge is -2.37. The van der Waals surface area contributed by atoms with Crippen molar-refractivity contribution in [1.82, 2.24) is 20.0 Å². The van der Waals surface area contributed by atoms with Crippen LogP contribution in [0.1, 0.15) is 273 Å². The predicted molar refractivity (Wildman–Crippen MR) is 317 cm³/mol. The molecule has 7 heteroatoms. The quantitative estimate of drug-likeness (QED) is 0.0372. The highest BCUT2D eigenvalue weighted by Gasteiger charge is 2.32. The van der Waals surface area contributed by atoms with Crippen LogP contribution >= 0.6 is 0 Å². The fraction of sp³-hybridized carbons (Fsp3) is 0.800. The number of amides is 1. The number of aldehydes is 1. The second kappa shape index (κ2) is 48.1. The van der Waals surface area contributed by atoms with Gasteiger partial charge in [-0.25, -0.2) is 0 Å². The Morgan fingerprint density at radius 2 is 0.694 bits per heavy atom. The molecular weight excluding hydrogens is 885 g/mol. The van der Waals surface area contributed by atoms with E-state index in [1.54, 1.807) is 6.92 Å². The van der Waals surface area contributed by atoms with Crippen molar-refractivity contribution in [2.24, 2.45) is 0 Å². The third-order valence-electron chi connectivity index (χ3n) is 14.8. The number of carbonyl (C=O) groups excluding carboxylic acids is 3. The molecule has 0 aliphatic heterocycles. The van der Waals surface area contributed by atoms with Crippen molar-refractivity contribution >= 4 is 18.0 Å². The van der Waals surface area contributed by atoms with Gasteiger partial charge in [0, 0.05) is 44.8 Å². The lowest BCUT2D eigenvalue weighted by molar-refractivity contribution is -0.124. The molecule has 0 aliphatic carbocycles. The van der Waals surface area contributed by atoms with Gasteiger partial charge in [0.2, 0.25) is 5.91 Å². The molecule has 0 aromatic heterocycles. The van der Waals surface area contributed by atoms with Crippen LogP contribution in [-0.2, 0) is 14.4 Å². The highest BCUT2D eigenvalue weighted by molar-refractivity contribution is 5.79. The second-order valence-corrected chi connectivity index (χ2v) is 22.8. The third kappa shape index (κ3) is 43.8. The molecule has 0 rings (SSSR count). The molecule has 0 aliphatic rings. The maximum Gasteiger partial charge on any atom is 0.234 e. The van der Waals surface area contributed by atoms with Crippen LogP contribution in [0.15, 0.2) is 60.8 Å². The number of ketones is 1. The number of nitrogens with zero attached hydrogens (tertiary/aromatic N) is 3. The topological polar surface area (TPSA) is 73.0 Å². The standard InChI is InChI=1S/C65H120N4O3/c1-12-15-18-21-24-27-30-33-36-39-60(8)42-45-65(46-43-61(9)40-37-34-31-28-25-22-19-16-13-2,47-44-62(10)41-38-35-32-29-26-23-20-17-14-3)66-64(72)57-69(55-59(6)7)51-49-67(52-53-70)48-50-68(54-58(4)5)56-63(11)71/h53H,4,6,8-10,12-52,54-57H2,1-3,5,7,11H3,(H,66,72). The van der Waals surface area contributed by atoms with Crippen molar-refractivity contribution in [1.29, 1.82) is 0 Å². The molecular formula is C65H120N4O3. The van der Waals surface area contributed by atoms with Gasteiger partial charge in [0.1, 0.15) is 12.1 Å². The van der Waals surface area contributed by atoms with Gasteiger partial charge in [0.25, 0.3) is 0 Å². The van der Waals surface area contributed by atoms with Gasteiger partial charge < -0.3 is 10.1 Å². The fourth-order valence-corrected chi connectivity index (χ4v) is 10.3. The van der Waals surface area contributed by atoms with E-state index in [0.717, 1.165) is 75.2 Å². The Labute approximate surface area is 448 Å². The summed E-state index contributed by atoms with van der Waals surface area (Å²) >= 11 is 0. The van der Waals surface area contributed by atoms with Crippen molar-refractivity contribution in [2.45, 2.75) is 278 Å². The molecule has 7 nitrogen and oxygen atoms in total. The Kier molecular flexibility index (Phi) is 46.3. The van der Waals surface area contributed by atoms with Crippen molar-refractivity contribution in [3.05, 3.63) is 60.8 Å². The molecule has 1 N–H and O–H groups in total. The number of hydrogen-bond acceptors (Lipinski definition) is 6. The summed E-state index contributed by atoms with van der Waals surface area (Å²) in [4.78, 5) is 45.0. The minimum atomic E-state index is -0.400. The summed E-state index contributed by atoms with van der Waals surface area (Å²) in [5.74, 6) is 0.160. The molecule has 0 atom stereocenters. The first kappa shape index (κ1) is 69.4. The number of allylic oxidation sites excluding steroid dienone is 3. The zero-order valence-corrected chi connectivity index (χ0v) is 49.0. The lowest BCUT2D eigenvalue weighted by atomic mass is 9.79. The van der Waals surface area contributed by atoms with Crippen molar-refractivity contribution in [3.8, 4) is 0 Å². The normalized spacial score (nSPS) is 11.7. The SMILES string of the molecule is C=C(C)CN(CCN(CC=O)CCN(CC(=C)C)CC(=O)NC(CCC(=C)CCCCCCCCCCC)(CCC(=C)CCCCCCCCCCC)CCC(=C)CCCCCCCCCCC)CC(C)=O. The van der Waals surface area contributed by atoms with Gasteiger partial charge in [0.05, 0.1) is 19.6 Å². The number of hydrogen-bond donors (Lipinski definition) is 1. The van der Waals surface area contributed by atoms with E-state index in [1.165, 1.54) is 190 Å². The Bertz CT molecular complexity index is 1330. The summed E-state index contributed by atoms with van der Waals surface area (Å²) in [6.07, 6.45) is 45.0. The summed E-state index contributed by atoms with van der Waals surface area (Å²) in [6, 6.07) is 0. The average Bonchev–Trinajstić information content (AvgIpc) is 3.33. The van der Waals surface area contributed by atoms with Gasteiger partial charge in [-0.15, -0.1) is 0 Å². The monoisotopic (exact) mass is 1000 g/mol. The summed E-state index contributed by atoms with van der Waals surface area (Å²) in [6.45, 7) is 39.4. The molecule has 0 saturated heterocycles. The molecule has 0 radical (unpaired) electrons. The summed E-state index contributed by atoms with van der Waals surface area (Å²) in [7, 11) is 0. The van der Waals surface area contributed by atoms with E-state index in [-0.39, 0.29) is 18.2 Å². The number of carbonyl (C=O) groups is 3. The van der Waals surface area contributed by atoms with E-state index < -0.39 is 5.54 Å². The van der Waals surface area contributed by atoms with E-state index >= 15 is 0 Å². The molecule has 0 spiro atoms. The van der Waals surface area contributed by atoms with Crippen molar-refractivity contribution in [3.63, 3.8) is 0 Å². The second-order valence-electron chi connectivity index (χ2n) is 22.8. The smallest absolute Gasteiger partial charge is 0.234 e. The van der Waals surface area contributed by atoms with Gasteiger partial charge in [-0.3, -0.25) is 24.3 Å². The number of Topliss-reactive ketones (excluding diaryl/α,β-unsaturated/α-hetero) is 1. The van der Waals surface area contributed by atoms with E-state index in [1.807, 2.05) is 13.8 Å². The minimum Gasteiger partial charge on any atom is -0.350 e.